The van der Waals surface area contributed by atoms with Crippen molar-refractivity contribution in [1.29, 1.82) is 0 Å². The number of nitrogens with one attached hydrogen (secondary N) is 1. The summed E-state index contributed by atoms with van der Waals surface area (Å²) in [6.45, 7) is 2.51. The van der Waals surface area contributed by atoms with Gasteiger partial charge in [0.25, 0.3) is 5.91 Å². The first kappa shape index (κ1) is 29.4. The largest absolute Gasteiger partial charge is 0.430 e. The van der Waals surface area contributed by atoms with Crippen LogP contribution >= 0.6 is 23.2 Å². The molecule has 0 aliphatic carbocycles. The highest BCUT2D eigenvalue weighted by Gasteiger charge is 2.44. The van der Waals surface area contributed by atoms with Crippen molar-refractivity contribution in [3.05, 3.63) is 58.1 Å². The average molecular weight is 570 g/mol. The van der Waals surface area contributed by atoms with E-state index in [4.69, 9.17) is 27.9 Å². The van der Waals surface area contributed by atoms with Crippen LogP contribution < -0.4 is 9.62 Å². The van der Waals surface area contributed by atoms with Crippen LogP contribution in [-0.2, 0) is 19.6 Å². The second-order valence-electron chi connectivity index (χ2n) is 9.16. The lowest BCUT2D eigenvalue weighted by atomic mass is 10.1. The summed E-state index contributed by atoms with van der Waals surface area (Å²) in [5.74, 6) is -0.658. The maximum atomic E-state index is 13.0. The molecule has 0 radical (unpaired) electrons. The molecule has 2 amide bonds. The molecule has 0 spiro atoms. The van der Waals surface area contributed by atoms with Crippen LogP contribution in [0.4, 0.5) is 10.5 Å². The third-order valence-electron chi connectivity index (χ3n) is 6.29. The Kier molecular flexibility index (Phi) is 11.2. The van der Waals surface area contributed by atoms with Crippen LogP contribution in [0, 0.1) is 0 Å². The molecule has 1 aliphatic rings. The molecule has 202 valence electrons. The minimum atomic E-state index is -3.88. The minimum Gasteiger partial charge on any atom is -0.430 e. The van der Waals surface area contributed by atoms with Gasteiger partial charge in [0, 0.05) is 12.1 Å². The number of carbonyl (C=O) groups excluding carboxylic acids is 2. The Hall–Kier alpha value is -2.13. The van der Waals surface area contributed by atoms with Crippen LogP contribution in [0.25, 0.3) is 0 Å². The van der Waals surface area contributed by atoms with Crippen LogP contribution in [0.2, 0.25) is 10.0 Å². The highest BCUT2D eigenvalue weighted by atomic mass is 35.5. The van der Waals surface area contributed by atoms with Gasteiger partial charge >= 0.3 is 6.09 Å². The first-order valence-corrected chi connectivity index (χ1v) is 15.1. The van der Waals surface area contributed by atoms with Crippen molar-refractivity contribution in [3.63, 3.8) is 0 Å². The van der Waals surface area contributed by atoms with Gasteiger partial charge in [-0.3, -0.25) is 4.79 Å². The number of hydrogen-bond donors (Lipinski definition) is 1. The monoisotopic (exact) mass is 568 g/mol. The lowest BCUT2D eigenvalue weighted by Crippen LogP contribution is -2.30. The van der Waals surface area contributed by atoms with Gasteiger partial charge in [0.05, 0.1) is 20.6 Å². The lowest BCUT2D eigenvalue weighted by molar-refractivity contribution is -0.122. The van der Waals surface area contributed by atoms with Gasteiger partial charge < -0.3 is 4.74 Å². The number of imide groups is 1. The van der Waals surface area contributed by atoms with Crippen LogP contribution in [0.15, 0.2) is 47.4 Å². The number of carbonyl (C=O) groups is 2. The Balaban J connectivity index is 1.55. The summed E-state index contributed by atoms with van der Waals surface area (Å²) in [7, 11) is -3.88. The second-order valence-corrected chi connectivity index (χ2v) is 11.7. The van der Waals surface area contributed by atoms with Crippen LogP contribution in [-0.4, -0.2) is 27.0 Å². The Morgan fingerprint density at radius 2 is 1.41 bits per heavy atom. The molecule has 1 fully saturated rings. The standard InChI is InChI=1S/C27H34Cl2N2O5S/c1-2-3-4-5-6-7-8-9-10-14-17-30-37(34,35)21-18-22(28)24(23(29)19-21)31-26(32)25(36-27(31)33)20-15-12-11-13-16-20/h11-13,15-16,18-19,25,30H,2-10,14,17H2,1H3. The molecule has 1 heterocycles. The maximum absolute atomic E-state index is 13.0. The Bertz CT molecular complexity index is 1150. The number of anilines is 1. The zero-order chi connectivity index (χ0) is 26.8. The average Bonchev–Trinajstić information content (AvgIpc) is 3.16. The molecule has 2 aromatic rings. The summed E-state index contributed by atoms with van der Waals surface area (Å²) in [6.07, 6.45) is 9.47. The highest BCUT2D eigenvalue weighted by molar-refractivity contribution is 7.89. The number of hydrogen-bond acceptors (Lipinski definition) is 5. The predicted octanol–water partition coefficient (Wildman–Crippen LogP) is 7.42. The summed E-state index contributed by atoms with van der Waals surface area (Å²) in [5, 5.41) is -0.295. The molecular weight excluding hydrogens is 535 g/mol. The molecule has 37 heavy (non-hydrogen) atoms. The molecule has 1 saturated heterocycles. The molecule has 10 heteroatoms. The van der Waals surface area contributed by atoms with Gasteiger partial charge in [-0.1, -0.05) is 118 Å². The zero-order valence-corrected chi connectivity index (χ0v) is 23.4. The van der Waals surface area contributed by atoms with Crippen molar-refractivity contribution >= 4 is 50.9 Å². The van der Waals surface area contributed by atoms with Crippen molar-refractivity contribution in [2.24, 2.45) is 0 Å². The molecule has 1 aliphatic heterocycles. The van der Waals surface area contributed by atoms with Gasteiger partial charge in [-0.2, -0.15) is 0 Å². The van der Waals surface area contributed by atoms with Crippen molar-refractivity contribution in [1.82, 2.24) is 4.72 Å². The second kappa shape index (κ2) is 14.1. The van der Waals surface area contributed by atoms with E-state index in [1.54, 1.807) is 30.3 Å². The molecule has 7 nitrogen and oxygen atoms in total. The van der Waals surface area contributed by atoms with Gasteiger partial charge in [-0.05, 0) is 18.6 Å². The number of halogens is 2. The predicted molar refractivity (Wildman–Crippen MR) is 147 cm³/mol. The third-order valence-corrected chi connectivity index (χ3v) is 8.31. The van der Waals surface area contributed by atoms with Gasteiger partial charge in [0.2, 0.25) is 16.1 Å². The van der Waals surface area contributed by atoms with E-state index in [1.807, 2.05) is 0 Å². The van der Waals surface area contributed by atoms with Crippen LogP contribution in [0.3, 0.4) is 0 Å². The van der Waals surface area contributed by atoms with Gasteiger partial charge in [0.15, 0.2) is 0 Å². The highest BCUT2D eigenvalue weighted by Crippen LogP contribution is 2.41. The molecule has 2 aromatic carbocycles. The van der Waals surface area contributed by atoms with E-state index in [1.165, 1.54) is 50.7 Å². The van der Waals surface area contributed by atoms with E-state index in [0.717, 1.165) is 30.6 Å². The van der Waals surface area contributed by atoms with E-state index >= 15 is 0 Å². The summed E-state index contributed by atoms with van der Waals surface area (Å²) in [5.41, 5.74) is 0.399. The number of rotatable bonds is 15. The summed E-state index contributed by atoms with van der Waals surface area (Å²) < 4.78 is 33.4. The molecule has 1 N–H and O–H groups in total. The third kappa shape index (κ3) is 7.93. The van der Waals surface area contributed by atoms with Gasteiger partial charge in [-0.25, -0.2) is 22.8 Å². The topological polar surface area (TPSA) is 92.8 Å². The van der Waals surface area contributed by atoms with Crippen molar-refractivity contribution < 1.29 is 22.7 Å². The van der Waals surface area contributed by atoms with E-state index < -0.39 is 28.1 Å². The Morgan fingerprint density at radius 3 is 1.97 bits per heavy atom. The summed E-state index contributed by atoms with van der Waals surface area (Å²) in [4.78, 5) is 26.1. The van der Waals surface area contributed by atoms with Crippen molar-refractivity contribution in [3.8, 4) is 0 Å². The lowest BCUT2D eigenvalue weighted by Gasteiger charge is -2.16. The van der Waals surface area contributed by atoms with E-state index in [0.29, 0.717) is 12.1 Å². The fourth-order valence-corrected chi connectivity index (χ4v) is 6.18. The molecule has 0 aromatic heterocycles. The van der Waals surface area contributed by atoms with Crippen molar-refractivity contribution in [2.45, 2.75) is 82.1 Å². The zero-order valence-electron chi connectivity index (χ0n) is 21.0. The number of benzene rings is 2. The smallest absolute Gasteiger partial charge is 0.422 e. The summed E-state index contributed by atoms with van der Waals surface area (Å²) in [6, 6.07) is 10.9. The SMILES string of the molecule is CCCCCCCCCCCCNS(=O)(=O)c1cc(Cl)c(N2C(=O)OC(c3ccccc3)C2=O)c(Cl)c1. The number of unbranched alkanes of at least 4 members (excludes halogenated alkanes) is 9. The van der Waals surface area contributed by atoms with E-state index in [9.17, 15) is 18.0 Å². The van der Waals surface area contributed by atoms with Crippen LogP contribution in [0.5, 0.6) is 0 Å². The minimum absolute atomic E-state index is 0.106. The number of nitrogens with zero attached hydrogens (tertiary/aromatic N) is 1. The molecule has 0 bridgehead atoms. The molecule has 1 unspecified atom stereocenters. The number of cyclic esters (lactones) is 1. The first-order chi connectivity index (χ1) is 17.8. The quantitative estimate of drug-likeness (QED) is 0.225. The molecule has 3 rings (SSSR count). The Morgan fingerprint density at radius 1 is 0.865 bits per heavy atom. The normalized spacial score (nSPS) is 15.9. The number of sulfonamides is 1. The van der Waals surface area contributed by atoms with Crippen LogP contribution in [0.1, 0.15) is 82.8 Å². The number of ether oxygens (including phenoxy) is 1. The maximum Gasteiger partial charge on any atom is 0.422 e. The van der Waals surface area contributed by atoms with E-state index in [2.05, 4.69) is 11.6 Å². The summed E-state index contributed by atoms with van der Waals surface area (Å²) >= 11 is 12.7. The fraction of sp³-hybridized carbons (Fsp3) is 0.481. The number of amides is 2. The molecule has 1 atom stereocenters. The molecular formula is C27H34Cl2N2O5S. The van der Waals surface area contributed by atoms with Crippen molar-refractivity contribution in [2.75, 3.05) is 11.4 Å². The first-order valence-electron chi connectivity index (χ1n) is 12.8. The van der Waals surface area contributed by atoms with Gasteiger partial charge in [0.1, 0.15) is 0 Å². The van der Waals surface area contributed by atoms with E-state index in [-0.39, 0.29) is 20.6 Å². The molecule has 0 saturated carbocycles. The fourth-order valence-electron chi connectivity index (χ4n) is 4.26. The van der Waals surface area contributed by atoms with Gasteiger partial charge in [-0.15, -0.1) is 0 Å². The Labute approximate surface area is 229 Å².